The predicted octanol–water partition coefficient (Wildman–Crippen LogP) is 5.66. The van der Waals surface area contributed by atoms with Crippen LogP contribution in [0.15, 0.2) is 38.4 Å². The smallest absolute Gasteiger partial charge is 0.323 e. The lowest BCUT2D eigenvalue weighted by Crippen LogP contribution is -2.66. The molecule has 6 nitrogen and oxygen atoms in total. The molecular formula is C23H31BrINO5Si. The van der Waals surface area contributed by atoms with Crippen molar-refractivity contribution in [3.63, 3.8) is 0 Å². The molecule has 3 atom stereocenters. The minimum atomic E-state index is -2.10. The first-order valence-electron chi connectivity index (χ1n) is 10.5. The molecule has 3 unspecified atom stereocenters. The number of carboxylic acids is 1. The maximum absolute atomic E-state index is 12.8. The molecule has 1 amide bonds. The fourth-order valence-corrected chi connectivity index (χ4v) is 5.96. The number of nitrogens with zero attached hydrogens (tertiary/aromatic N) is 1. The Bertz CT molecular complexity index is 910. The molecule has 0 aliphatic carbocycles. The summed E-state index contributed by atoms with van der Waals surface area (Å²) in [4.78, 5) is 38.1. The fraction of sp³-hybridized carbons (Fsp3) is 0.522. The Labute approximate surface area is 213 Å². The standard InChI is InChI=1S/C23H31BrINO5Si/c1-14(31-32(5,6)23(2,3)4)21-18(26(22(21)30)13-20(28)29)11-17(25)12-19(27)15-7-9-16(24)10-8-15/h7-10,12,14,18,21H,11,13H2,1-6H3,(H,28,29). The van der Waals surface area contributed by atoms with Crippen LogP contribution in [0.2, 0.25) is 18.1 Å². The van der Waals surface area contributed by atoms with Gasteiger partial charge in [0.1, 0.15) is 6.54 Å². The summed E-state index contributed by atoms with van der Waals surface area (Å²) < 4.78 is 8.12. The number of amides is 1. The highest BCUT2D eigenvalue weighted by molar-refractivity contribution is 14.1. The van der Waals surface area contributed by atoms with Crippen LogP contribution in [-0.4, -0.2) is 54.7 Å². The normalized spacial score (nSPS) is 20.7. The number of halogens is 2. The minimum absolute atomic E-state index is 0.00424. The zero-order valence-corrected chi connectivity index (χ0v) is 24.1. The molecule has 32 heavy (non-hydrogen) atoms. The molecule has 0 radical (unpaired) electrons. The van der Waals surface area contributed by atoms with Gasteiger partial charge in [0.25, 0.3) is 0 Å². The highest BCUT2D eigenvalue weighted by Gasteiger charge is 2.52. The van der Waals surface area contributed by atoms with E-state index in [2.05, 4.69) is 72.4 Å². The molecule has 1 aliphatic heterocycles. The molecule has 0 spiro atoms. The Morgan fingerprint density at radius 2 is 1.84 bits per heavy atom. The molecule has 1 aliphatic rings. The molecule has 9 heteroatoms. The number of ketones is 1. The number of β-lactam (4-membered cyclic amide) rings is 1. The van der Waals surface area contributed by atoms with E-state index >= 15 is 0 Å². The van der Waals surface area contributed by atoms with Gasteiger partial charge in [-0.1, -0.05) is 36.7 Å². The Balaban J connectivity index is 2.21. The molecule has 1 aromatic carbocycles. The number of aliphatic carboxylic acids is 1. The molecule has 176 valence electrons. The Hall–Kier alpha value is -1.04. The van der Waals surface area contributed by atoms with Gasteiger partial charge in [-0.25, -0.2) is 0 Å². The van der Waals surface area contributed by atoms with Crippen molar-refractivity contribution in [2.24, 2.45) is 5.92 Å². The maximum atomic E-state index is 12.8. The van der Waals surface area contributed by atoms with Gasteiger partial charge in [0, 0.05) is 10.0 Å². The lowest BCUT2D eigenvalue weighted by atomic mass is 9.81. The van der Waals surface area contributed by atoms with E-state index in [0.29, 0.717) is 12.0 Å². The van der Waals surface area contributed by atoms with Gasteiger partial charge in [0.2, 0.25) is 5.91 Å². The Kier molecular flexibility index (Phi) is 8.91. The fourth-order valence-electron chi connectivity index (χ4n) is 3.54. The van der Waals surface area contributed by atoms with E-state index in [1.165, 1.54) is 4.90 Å². The second kappa shape index (κ2) is 10.5. The third kappa shape index (κ3) is 6.51. The van der Waals surface area contributed by atoms with Gasteiger partial charge < -0.3 is 14.4 Å². The summed E-state index contributed by atoms with van der Waals surface area (Å²) in [5.74, 6) is -1.80. The monoisotopic (exact) mass is 635 g/mol. The molecule has 0 saturated carbocycles. The van der Waals surface area contributed by atoms with E-state index in [1.807, 2.05) is 19.1 Å². The van der Waals surface area contributed by atoms with Crippen LogP contribution in [0.4, 0.5) is 0 Å². The quantitative estimate of drug-likeness (QED) is 0.124. The van der Waals surface area contributed by atoms with Gasteiger partial charge in [0.05, 0.1) is 18.1 Å². The van der Waals surface area contributed by atoms with Crippen molar-refractivity contribution >= 4 is 64.5 Å². The highest BCUT2D eigenvalue weighted by atomic mass is 127. The molecule has 1 saturated heterocycles. The minimum Gasteiger partial charge on any atom is -0.480 e. The van der Waals surface area contributed by atoms with E-state index in [0.717, 1.165) is 8.05 Å². The van der Waals surface area contributed by atoms with Crippen LogP contribution in [0.1, 0.15) is 44.5 Å². The number of hydrogen-bond donors (Lipinski definition) is 1. The van der Waals surface area contributed by atoms with Gasteiger partial charge in [-0.2, -0.15) is 0 Å². The summed E-state index contributed by atoms with van der Waals surface area (Å²) in [5.41, 5.74) is 0.570. The van der Waals surface area contributed by atoms with Crippen molar-refractivity contribution in [3.05, 3.63) is 44.0 Å². The van der Waals surface area contributed by atoms with Gasteiger partial charge in [-0.3, -0.25) is 14.4 Å². The van der Waals surface area contributed by atoms with Crippen LogP contribution >= 0.6 is 38.5 Å². The van der Waals surface area contributed by atoms with Crippen LogP contribution < -0.4 is 0 Å². The molecule has 1 aromatic rings. The summed E-state index contributed by atoms with van der Waals surface area (Å²) in [6.07, 6.45) is 1.64. The van der Waals surface area contributed by atoms with Gasteiger partial charge in [0.15, 0.2) is 14.1 Å². The summed E-state index contributed by atoms with van der Waals surface area (Å²) in [7, 11) is -2.10. The summed E-state index contributed by atoms with van der Waals surface area (Å²) in [6, 6.07) is 6.79. The van der Waals surface area contributed by atoms with Crippen LogP contribution in [0.25, 0.3) is 0 Å². The van der Waals surface area contributed by atoms with Crippen LogP contribution in [0, 0.1) is 5.92 Å². The van der Waals surface area contributed by atoms with E-state index < -0.39 is 20.2 Å². The number of benzene rings is 1. The number of carboxylic acid groups (broad SMARTS) is 1. The molecule has 0 bridgehead atoms. The molecule has 1 heterocycles. The lowest BCUT2D eigenvalue weighted by Gasteiger charge is -2.51. The predicted molar refractivity (Wildman–Crippen MR) is 140 cm³/mol. The number of likely N-dealkylation sites (tertiary alicyclic amines) is 1. The van der Waals surface area contributed by atoms with Crippen molar-refractivity contribution in [3.8, 4) is 0 Å². The average Bonchev–Trinajstić information content (AvgIpc) is 2.64. The molecule has 1 fully saturated rings. The summed E-state index contributed by atoms with van der Waals surface area (Å²) in [5, 5.41) is 9.26. The third-order valence-electron chi connectivity index (χ3n) is 6.30. The topological polar surface area (TPSA) is 83.9 Å². The van der Waals surface area contributed by atoms with Gasteiger partial charge in [-0.05, 0) is 88.0 Å². The lowest BCUT2D eigenvalue weighted by molar-refractivity contribution is -0.168. The van der Waals surface area contributed by atoms with Crippen molar-refractivity contribution < 1.29 is 23.9 Å². The van der Waals surface area contributed by atoms with Crippen LogP contribution in [0.5, 0.6) is 0 Å². The number of allylic oxidation sites excluding steroid dienone is 1. The van der Waals surface area contributed by atoms with E-state index in [9.17, 15) is 19.5 Å². The molecular weight excluding hydrogens is 605 g/mol. The van der Waals surface area contributed by atoms with E-state index in [4.69, 9.17) is 4.43 Å². The largest absolute Gasteiger partial charge is 0.480 e. The number of hydrogen-bond acceptors (Lipinski definition) is 4. The third-order valence-corrected chi connectivity index (χ3v) is 12.2. The second-order valence-electron chi connectivity index (χ2n) is 9.70. The van der Waals surface area contributed by atoms with Gasteiger partial charge >= 0.3 is 5.97 Å². The van der Waals surface area contributed by atoms with E-state index in [1.54, 1.807) is 18.2 Å². The number of carbonyl (C=O) groups is 3. The average molecular weight is 636 g/mol. The molecule has 2 rings (SSSR count). The van der Waals surface area contributed by atoms with Crippen LogP contribution in [-0.2, 0) is 14.0 Å². The van der Waals surface area contributed by atoms with Crippen molar-refractivity contribution in [2.75, 3.05) is 6.54 Å². The number of carbonyl (C=O) groups excluding carboxylic acids is 2. The second-order valence-corrected chi connectivity index (χ2v) is 16.8. The number of rotatable bonds is 9. The van der Waals surface area contributed by atoms with Crippen molar-refractivity contribution in [2.45, 2.75) is 64.4 Å². The Morgan fingerprint density at radius 3 is 2.34 bits per heavy atom. The highest BCUT2D eigenvalue weighted by Crippen LogP contribution is 2.41. The SMILES string of the molecule is CC(O[Si](C)(C)C(C)(C)C)C1C(=O)N(CC(=O)O)C1CC(I)=CC(=O)c1ccc(Br)cc1. The molecule has 0 aromatic heterocycles. The molecule has 1 N–H and O–H groups in total. The van der Waals surface area contributed by atoms with E-state index in [-0.39, 0.29) is 35.4 Å². The van der Waals surface area contributed by atoms with Crippen molar-refractivity contribution in [1.82, 2.24) is 4.90 Å². The zero-order valence-electron chi connectivity index (χ0n) is 19.3. The summed E-state index contributed by atoms with van der Waals surface area (Å²) >= 11 is 5.46. The first-order valence-corrected chi connectivity index (χ1v) is 15.3. The van der Waals surface area contributed by atoms with Crippen LogP contribution in [0.3, 0.4) is 0 Å². The van der Waals surface area contributed by atoms with Gasteiger partial charge in [-0.15, -0.1) is 0 Å². The Morgan fingerprint density at radius 1 is 1.28 bits per heavy atom. The van der Waals surface area contributed by atoms with Crippen molar-refractivity contribution in [1.29, 1.82) is 0 Å². The first-order chi connectivity index (χ1) is 14.6. The zero-order chi connectivity index (χ0) is 24.4. The first kappa shape index (κ1) is 27.2. The summed E-state index contributed by atoms with van der Waals surface area (Å²) in [6.45, 7) is 12.2. The maximum Gasteiger partial charge on any atom is 0.323 e.